The normalized spacial score (nSPS) is 14.0. The molecule has 0 saturated heterocycles. The highest BCUT2D eigenvalue weighted by molar-refractivity contribution is 7.47. The van der Waals surface area contributed by atoms with Crippen molar-refractivity contribution in [1.82, 2.24) is 0 Å². The van der Waals surface area contributed by atoms with Crippen molar-refractivity contribution in [1.29, 1.82) is 0 Å². The molecule has 17 nitrogen and oxygen atoms in total. The standard InChI is InChI=1S/C81H158O17P2/c1-8-9-10-11-12-13-14-15-16-22-25-28-34-41-48-55-62-78(83)91-68-76(97-80(85)64-57-50-42-35-29-26-23-20-18-17-19-21-24-27-32-38-45-52-59-72(2)3)70-95-99(87,88)93-66-75(82)67-94-100(89,90)96-71-77(69-92-79(84)63-56-49-44-37-40-47-54-61-74(6)7)98-81(86)65-58-51-43-36-31-30-33-39-46-53-60-73(4)5/h72-77,82H,8-71H2,1-7H3,(H,87,88)(H,89,90)/t75-,76-,77-/m1/s1. The summed E-state index contributed by atoms with van der Waals surface area (Å²) in [6.07, 6.45) is 59.8. The van der Waals surface area contributed by atoms with Crippen LogP contribution in [0.2, 0.25) is 0 Å². The second-order valence-electron chi connectivity index (χ2n) is 30.6. The van der Waals surface area contributed by atoms with Gasteiger partial charge in [0.1, 0.15) is 19.3 Å². The maximum absolute atomic E-state index is 13.1. The quantitative estimate of drug-likeness (QED) is 0.0222. The second-order valence-corrected chi connectivity index (χ2v) is 33.5. The number of hydrogen-bond acceptors (Lipinski definition) is 15. The number of phosphoric ester groups is 2. The number of phosphoric acid groups is 2. The molecule has 0 heterocycles. The number of unbranched alkanes of at least 4 members (excludes halogenated alkanes) is 47. The third kappa shape index (κ3) is 74.3. The Kier molecular flexibility index (Phi) is 69.9. The molecule has 0 amide bonds. The number of aliphatic hydroxyl groups excluding tert-OH is 1. The number of esters is 4. The molecule has 0 aromatic carbocycles. The zero-order chi connectivity index (χ0) is 73.7. The van der Waals surface area contributed by atoms with Crippen molar-refractivity contribution in [3.8, 4) is 0 Å². The maximum atomic E-state index is 13.1. The molecule has 2 unspecified atom stereocenters. The van der Waals surface area contributed by atoms with Gasteiger partial charge < -0.3 is 33.8 Å². The van der Waals surface area contributed by atoms with Crippen LogP contribution in [0.3, 0.4) is 0 Å². The van der Waals surface area contributed by atoms with Crippen molar-refractivity contribution in [2.75, 3.05) is 39.6 Å². The zero-order valence-corrected chi connectivity index (χ0v) is 67.5. The van der Waals surface area contributed by atoms with Crippen LogP contribution >= 0.6 is 15.6 Å². The molecule has 0 radical (unpaired) electrons. The van der Waals surface area contributed by atoms with Gasteiger partial charge in [0, 0.05) is 25.7 Å². The van der Waals surface area contributed by atoms with E-state index in [4.69, 9.17) is 37.0 Å². The Bertz CT molecular complexity index is 1940. The molecule has 0 spiro atoms. The molecule has 0 rings (SSSR count). The van der Waals surface area contributed by atoms with Crippen LogP contribution in [0.5, 0.6) is 0 Å². The van der Waals surface area contributed by atoms with Gasteiger partial charge in [-0.15, -0.1) is 0 Å². The Morgan fingerprint density at radius 3 is 0.680 bits per heavy atom. The molecule has 0 aliphatic carbocycles. The van der Waals surface area contributed by atoms with Gasteiger partial charge in [-0.3, -0.25) is 37.3 Å². The molecule has 0 bridgehead atoms. The molecule has 0 aromatic heterocycles. The summed E-state index contributed by atoms with van der Waals surface area (Å²) in [7, 11) is -9.92. The summed E-state index contributed by atoms with van der Waals surface area (Å²) in [6, 6.07) is 0. The molecular weight excluding hydrogens is 1310 g/mol. The van der Waals surface area contributed by atoms with E-state index in [-0.39, 0.29) is 25.7 Å². The Morgan fingerprint density at radius 2 is 0.460 bits per heavy atom. The lowest BCUT2D eigenvalue weighted by Crippen LogP contribution is -2.30. The predicted molar refractivity (Wildman–Crippen MR) is 409 cm³/mol. The molecule has 100 heavy (non-hydrogen) atoms. The van der Waals surface area contributed by atoms with Gasteiger partial charge in [-0.05, 0) is 43.4 Å². The Labute approximate surface area is 613 Å². The molecule has 3 N–H and O–H groups in total. The minimum atomic E-state index is -4.96. The Balaban J connectivity index is 5.22. The van der Waals surface area contributed by atoms with E-state index in [0.717, 1.165) is 108 Å². The van der Waals surface area contributed by atoms with Crippen molar-refractivity contribution < 1.29 is 80.2 Å². The van der Waals surface area contributed by atoms with Crippen molar-refractivity contribution >= 4 is 39.5 Å². The fourth-order valence-corrected chi connectivity index (χ4v) is 14.1. The lowest BCUT2D eigenvalue weighted by molar-refractivity contribution is -0.161. The molecule has 5 atom stereocenters. The third-order valence-corrected chi connectivity index (χ3v) is 20.8. The summed E-state index contributed by atoms with van der Waals surface area (Å²) in [6.45, 7) is 11.9. The van der Waals surface area contributed by atoms with Crippen LogP contribution in [0.4, 0.5) is 0 Å². The van der Waals surface area contributed by atoms with E-state index in [9.17, 15) is 43.2 Å². The number of carbonyl (C=O) groups is 4. The van der Waals surface area contributed by atoms with Gasteiger partial charge in [-0.2, -0.15) is 0 Å². The number of hydrogen-bond donors (Lipinski definition) is 3. The molecular formula is C81H158O17P2. The van der Waals surface area contributed by atoms with E-state index in [0.29, 0.717) is 31.6 Å². The van der Waals surface area contributed by atoms with Gasteiger partial charge in [-0.25, -0.2) is 9.13 Å². The van der Waals surface area contributed by atoms with Gasteiger partial charge >= 0.3 is 39.5 Å². The summed E-state index contributed by atoms with van der Waals surface area (Å²) in [5, 5.41) is 10.6. The fourth-order valence-electron chi connectivity index (χ4n) is 12.5. The fraction of sp³-hybridized carbons (Fsp3) is 0.951. The number of rotatable bonds is 79. The van der Waals surface area contributed by atoms with Crippen molar-refractivity contribution in [3.05, 3.63) is 0 Å². The molecule has 0 fully saturated rings. The highest BCUT2D eigenvalue weighted by atomic mass is 31.2. The minimum Gasteiger partial charge on any atom is -0.462 e. The maximum Gasteiger partial charge on any atom is 0.472 e. The van der Waals surface area contributed by atoms with Gasteiger partial charge in [-0.1, -0.05) is 370 Å². The monoisotopic (exact) mass is 1470 g/mol. The third-order valence-electron chi connectivity index (χ3n) is 18.9. The first kappa shape index (κ1) is 98.1. The van der Waals surface area contributed by atoms with Crippen LogP contribution in [-0.4, -0.2) is 96.7 Å². The summed E-state index contributed by atoms with van der Waals surface area (Å²) in [4.78, 5) is 73.0. The molecule has 0 aromatic rings. The van der Waals surface area contributed by atoms with Crippen LogP contribution in [0.25, 0.3) is 0 Å². The number of ether oxygens (including phenoxy) is 4. The number of aliphatic hydroxyl groups is 1. The van der Waals surface area contributed by atoms with E-state index in [1.807, 2.05) is 0 Å². The highest BCUT2D eigenvalue weighted by Gasteiger charge is 2.30. The predicted octanol–water partition coefficient (Wildman–Crippen LogP) is 24.1. The summed E-state index contributed by atoms with van der Waals surface area (Å²) >= 11 is 0. The first-order valence-electron chi connectivity index (χ1n) is 41.8. The van der Waals surface area contributed by atoms with Crippen LogP contribution in [-0.2, 0) is 65.4 Å². The van der Waals surface area contributed by atoms with Crippen LogP contribution in [0.1, 0.15) is 421 Å². The summed E-state index contributed by atoms with van der Waals surface area (Å²) < 4.78 is 68.7. The van der Waals surface area contributed by atoms with Gasteiger partial charge in [0.05, 0.1) is 26.4 Å². The SMILES string of the molecule is CCCCCCCCCCCCCCCCCCC(=O)OC[C@H](COP(=O)(O)OC[C@@H](O)COP(=O)(O)OC[C@@H](COC(=O)CCCCCCCCCC(C)C)OC(=O)CCCCCCCCCCCCC(C)C)OC(=O)CCCCCCCCCCCCCCCCCCCCC(C)C. The largest absolute Gasteiger partial charge is 0.472 e. The highest BCUT2D eigenvalue weighted by Crippen LogP contribution is 2.45. The van der Waals surface area contributed by atoms with Gasteiger partial charge in [0.25, 0.3) is 0 Å². The van der Waals surface area contributed by atoms with Crippen molar-refractivity contribution in [3.63, 3.8) is 0 Å². The van der Waals surface area contributed by atoms with Crippen LogP contribution < -0.4 is 0 Å². The molecule has 0 aliphatic rings. The topological polar surface area (TPSA) is 237 Å². The van der Waals surface area contributed by atoms with E-state index in [1.165, 1.54) is 225 Å². The molecule has 0 saturated carbocycles. The summed E-state index contributed by atoms with van der Waals surface area (Å²) in [5.41, 5.74) is 0. The van der Waals surface area contributed by atoms with E-state index in [2.05, 4.69) is 48.5 Å². The van der Waals surface area contributed by atoms with E-state index in [1.54, 1.807) is 0 Å². The minimum absolute atomic E-state index is 0.105. The van der Waals surface area contributed by atoms with Crippen molar-refractivity contribution in [2.24, 2.45) is 17.8 Å². The van der Waals surface area contributed by atoms with E-state index >= 15 is 0 Å². The second kappa shape index (κ2) is 71.3. The molecule has 0 aliphatic heterocycles. The zero-order valence-electron chi connectivity index (χ0n) is 65.7. The van der Waals surface area contributed by atoms with Gasteiger partial charge in [0.15, 0.2) is 12.2 Å². The lowest BCUT2D eigenvalue weighted by atomic mass is 10.0. The van der Waals surface area contributed by atoms with Crippen LogP contribution in [0.15, 0.2) is 0 Å². The van der Waals surface area contributed by atoms with Crippen LogP contribution in [0, 0.1) is 17.8 Å². The molecule has 594 valence electrons. The first-order chi connectivity index (χ1) is 48.2. The molecule has 19 heteroatoms. The number of carbonyl (C=O) groups excluding carboxylic acids is 4. The van der Waals surface area contributed by atoms with Crippen molar-refractivity contribution in [2.45, 2.75) is 439 Å². The Morgan fingerprint density at radius 1 is 0.270 bits per heavy atom. The smallest absolute Gasteiger partial charge is 0.462 e. The lowest BCUT2D eigenvalue weighted by Gasteiger charge is -2.21. The average Bonchev–Trinajstić information content (AvgIpc) is 0.911. The summed E-state index contributed by atoms with van der Waals surface area (Å²) in [5.74, 6) is 0.165. The van der Waals surface area contributed by atoms with Gasteiger partial charge in [0.2, 0.25) is 0 Å². The van der Waals surface area contributed by atoms with E-state index < -0.39 is 97.5 Å². The first-order valence-corrected chi connectivity index (χ1v) is 44.8. The average molecular weight is 1470 g/mol. The Hall–Kier alpha value is -1.94.